The summed E-state index contributed by atoms with van der Waals surface area (Å²) in [6.45, 7) is 1.57. The third-order valence-electron chi connectivity index (χ3n) is 3.68. The zero-order chi connectivity index (χ0) is 16.1. The van der Waals surface area contributed by atoms with Gasteiger partial charge in [0.2, 0.25) is 0 Å². The lowest BCUT2D eigenvalue weighted by atomic mass is 10.2. The van der Waals surface area contributed by atoms with E-state index in [-0.39, 0.29) is 12.5 Å². The van der Waals surface area contributed by atoms with E-state index in [1.54, 1.807) is 4.90 Å². The maximum absolute atomic E-state index is 12.5. The van der Waals surface area contributed by atoms with Gasteiger partial charge in [-0.2, -0.15) is 0 Å². The van der Waals surface area contributed by atoms with E-state index >= 15 is 0 Å². The van der Waals surface area contributed by atoms with Gasteiger partial charge in [0.25, 0.3) is 5.91 Å². The Labute approximate surface area is 140 Å². The van der Waals surface area contributed by atoms with Gasteiger partial charge in [-0.05, 0) is 30.2 Å². The van der Waals surface area contributed by atoms with Crippen molar-refractivity contribution >= 4 is 23.2 Å². The molecule has 0 saturated heterocycles. The van der Waals surface area contributed by atoms with E-state index in [0.29, 0.717) is 24.8 Å². The minimum absolute atomic E-state index is 0.0134. The van der Waals surface area contributed by atoms with Crippen molar-refractivity contribution in [3.63, 3.8) is 0 Å². The number of para-hydroxylation sites is 2. The van der Waals surface area contributed by atoms with Crippen LogP contribution in [0.4, 0.5) is 5.69 Å². The van der Waals surface area contributed by atoms with Crippen LogP contribution in [-0.4, -0.2) is 25.7 Å². The van der Waals surface area contributed by atoms with Gasteiger partial charge in [0.1, 0.15) is 12.4 Å². The molecule has 5 heteroatoms. The molecule has 2 aromatic rings. The van der Waals surface area contributed by atoms with Crippen LogP contribution >= 0.6 is 11.6 Å². The first-order valence-electron chi connectivity index (χ1n) is 7.59. The molecule has 1 amide bonds. The van der Waals surface area contributed by atoms with Crippen molar-refractivity contribution in [1.29, 1.82) is 0 Å². The highest BCUT2D eigenvalue weighted by Crippen LogP contribution is 2.30. The summed E-state index contributed by atoms with van der Waals surface area (Å²) in [6.07, 6.45) is 0.797. The van der Waals surface area contributed by atoms with Gasteiger partial charge in [-0.25, -0.2) is 0 Å². The van der Waals surface area contributed by atoms with Crippen molar-refractivity contribution in [3.05, 3.63) is 59.1 Å². The van der Waals surface area contributed by atoms with Crippen LogP contribution in [0.5, 0.6) is 5.75 Å². The van der Waals surface area contributed by atoms with Crippen LogP contribution in [0.3, 0.4) is 0 Å². The number of fused-ring (bicyclic) bond motifs is 1. The molecule has 0 fully saturated rings. The molecule has 0 N–H and O–H groups in total. The largest absolute Gasteiger partial charge is 0.491 e. The fraction of sp³-hybridized carbons (Fsp3) is 0.278. The van der Waals surface area contributed by atoms with Crippen LogP contribution in [-0.2, 0) is 16.1 Å². The molecule has 1 aliphatic rings. The fourth-order valence-electron chi connectivity index (χ4n) is 2.53. The molecule has 0 saturated carbocycles. The second-order valence-corrected chi connectivity index (χ2v) is 5.71. The molecule has 1 aliphatic heterocycles. The minimum Gasteiger partial charge on any atom is -0.491 e. The maximum Gasteiger partial charge on any atom is 0.253 e. The third kappa shape index (κ3) is 3.84. The normalized spacial score (nSPS) is 13.9. The van der Waals surface area contributed by atoms with E-state index in [0.717, 1.165) is 23.4 Å². The summed E-state index contributed by atoms with van der Waals surface area (Å²) in [4.78, 5) is 14.2. The Bertz CT molecular complexity index is 689. The Morgan fingerprint density at radius 2 is 1.96 bits per heavy atom. The highest BCUT2D eigenvalue weighted by atomic mass is 35.5. The third-order valence-corrected chi connectivity index (χ3v) is 4.05. The van der Waals surface area contributed by atoms with Crippen molar-refractivity contribution in [1.82, 2.24) is 0 Å². The molecule has 0 spiro atoms. The number of amides is 1. The number of rotatable bonds is 4. The molecule has 2 aromatic carbocycles. The van der Waals surface area contributed by atoms with Gasteiger partial charge in [0.15, 0.2) is 0 Å². The number of carbonyl (C=O) groups excluding carboxylic acids is 1. The summed E-state index contributed by atoms with van der Waals surface area (Å²) < 4.78 is 11.2. The summed E-state index contributed by atoms with van der Waals surface area (Å²) in [5.74, 6) is 0.666. The van der Waals surface area contributed by atoms with Crippen LogP contribution in [0, 0.1) is 0 Å². The lowest BCUT2D eigenvalue weighted by Crippen LogP contribution is -2.34. The first-order chi connectivity index (χ1) is 11.3. The van der Waals surface area contributed by atoms with E-state index in [9.17, 15) is 4.79 Å². The van der Waals surface area contributed by atoms with Crippen LogP contribution in [0.15, 0.2) is 48.5 Å². The lowest BCUT2D eigenvalue weighted by molar-refractivity contribution is -0.123. The van der Waals surface area contributed by atoms with Gasteiger partial charge in [0, 0.05) is 11.6 Å². The Morgan fingerprint density at radius 3 is 2.83 bits per heavy atom. The Morgan fingerprint density at radius 1 is 1.17 bits per heavy atom. The smallest absolute Gasteiger partial charge is 0.253 e. The maximum atomic E-state index is 12.5. The van der Waals surface area contributed by atoms with Crippen molar-refractivity contribution < 1.29 is 14.3 Å². The highest BCUT2D eigenvalue weighted by Gasteiger charge is 2.21. The van der Waals surface area contributed by atoms with Gasteiger partial charge in [-0.15, -0.1) is 0 Å². The molecular weight excluding hydrogens is 314 g/mol. The topological polar surface area (TPSA) is 38.8 Å². The number of hydrogen-bond donors (Lipinski definition) is 0. The second-order valence-electron chi connectivity index (χ2n) is 5.30. The zero-order valence-corrected chi connectivity index (χ0v) is 13.5. The number of carbonyl (C=O) groups is 1. The molecule has 0 unspecified atom stereocenters. The molecular formula is C18H18ClNO3. The van der Waals surface area contributed by atoms with Gasteiger partial charge in [-0.3, -0.25) is 4.79 Å². The Kier molecular flexibility index (Phi) is 5.16. The van der Waals surface area contributed by atoms with E-state index in [1.807, 2.05) is 48.5 Å². The van der Waals surface area contributed by atoms with Gasteiger partial charge in [-0.1, -0.05) is 41.9 Å². The minimum atomic E-state index is -0.0741. The molecule has 0 bridgehead atoms. The zero-order valence-electron chi connectivity index (χ0n) is 12.7. The van der Waals surface area contributed by atoms with E-state index < -0.39 is 0 Å². The average molecular weight is 332 g/mol. The first-order valence-corrected chi connectivity index (χ1v) is 7.97. The Balaban J connectivity index is 1.63. The molecule has 0 radical (unpaired) electrons. The van der Waals surface area contributed by atoms with E-state index in [1.165, 1.54) is 0 Å². The molecule has 0 atom stereocenters. The summed E-state index contributed by atoms with van der Waals surface area (Å²) in [5.41, 5.74) is 1.68. The summed E-state index contributed by atoms with van der Waals surface area (Å²) in [6, 6.07) is 15.0. The number of nitrogens with zero attached hydrogens (tertiary/aromatic N) is 1. The lowest BCUT2D eigenvalue weighted by Gasteiger charge is -2.21. The fourth-order valence-corrected chi connectivity index (χ4v) is 2.72. The van der Waals surface area contributed by atoms with E-state index in [4.69, 9.17) is 21.1 Å². The summed E-state index contributed by atoms with van der Waals surface area (Å²) >= 11 is 6.08. The number of benzene rings is 2. The monoisotopic (exact) mass is 331 g/mol. The summed E-state index contributed by atoms with van der Waals surface area (Å²) in [5, 5.41) is 0.647. The van der Waals surface area contributed by atoms with Crippen LogP contribution in [0.1, 0.15) is 12.0 Å². The van der Waals surface area contributed by atoms with Crippen LogP contribution in [0.25, 0.3) is 0 Å². The van der Waals surface area contributed by atoms with Crippen molar-refractivity contribution in [2.45, 2.75) is 13.0 Å². The molecule has 23 heavy (non-hydrogen) atoms. The number of ether oxygens (including phenoxy) is 2. The first kappa shape index (κ1) is 15.8. The summed E-state index contributed by atoms with van der Waals surface area (Å²) in [7, 11) is 0. The average Bonchev–Trinajstić information content (AvgIpc) is 2.79. The highest BCUT2D eigenvalue weighted by molar-refractivity contribution is 6.31. The van der Waals surface area contributed by atoms with Gasteiger partial charge in [0.05, 0.1) is 18.9 Å². The van der Waals surface area contributed by atoms with Crippen molar-refractivity contribution in [2.75, 3.05) is 24.7 Å². The predicted molar refractivity (Wildman–Crippen MR) is 90.0 cm³/mol. The quantitative estimate of drug-likeness (QED) is 0.858. The van der Waals surface area contributed by atoms with Gasteiger partial charge >= 0.3 is 0 Å². The standard InChI is InChI=1S/C18H18ClNO3/c19-15-7-2-1-6-14(15)12-22-13-18(21)20-10-5-11-23-17-9-4-3-8-16(17)20/h1-4,6-9H,5,10-13H2. The Hall–Kier alpha value is -2.04. The number of halogens is 1. The van der Waals surface area contributed by atoms with Crippen LogP contribution < -0.4 is 9.64 Å². The molecule has 0 aliphatic carbocycles. The van der Waals surface area contributed by atoms with Crippen molar-refractivity contribution in [2.24, 2.45) is 0 Å². The predicted octanol–water partition coefficient (Wildman–Crippen LogP) is 3.67. The van der Waals surface area contributed by atoms with Crippen LogP contribution in [0.2, 0.25) is 5.02 Å². The number of hydrogen-bond acceptors (Lipinski definition) is 3. The molecule has 0 aromatic heterocycles. The number of anilines is 1. The van der Waals surface area contributed by atoms with Gasteiger partial charge < -0.3 is 14.4 Å². The molecule has 1 heterocycles. The molecule has 4 nitrogen and oxygen atoms in total. The molecule has 3 rings (SSSR count). The van der Waals surface area contributed by atoms with E-state index in [2.05, 4.69) is 0 Å². The second kappa shape index (κ2) is 7.49. The SMILES string of the molecule is O=C(COCc1ccccc1Cl)N1CCCOc2ccccc21. The molecule has 120 valence electrons. The van der Waals surface area contributed by atoms with Crippen molar-refractivity contribution in [3.8, 4) is 5.75 Å².